The van der Waals surface area contributed by atoms with Crippen LogP contribution in [0.5, 0.6) is 0 Å². The molecule has 1 saturated carbocycles. The van der Waals surface area contributed by atoms with E-state index < -0.39 is 0 Å². The minimum atomic E-state index is -0.116. The number of carbonyl (C=O) groups is 1. The van der Waals surface area contributed by atoms with Crippen molar-refractivity contribution in [3.8, 4) is 0 Å². The average Bonchev–Trinajstić information content (AvgIpc) is 2.87. The Bertz CT molecular complexity index is 453. The number of hydrogen-bond donors (Lipinski definition) is 2. The Morgan fingerprint density at radius 1 is 1.45 bits per heavy atom. The molecule has 0 aromatic carbocycles. The number of amides is 1. The lowest BCUT2D eigenvalue weighted by molar-refractivity contribution is 0.0838. The fourth-order valence-electron chi connectivity index (χ4n) is 3.22. The standard InChI is InChI=1S/C16H26N2O2/c1-10(2)13-6-4-11(3)8-14(13)18-16(19)15-7-5-12(9-17)20-15/h5,7,10-11,13-14H,4,6,8-9,17H2,1-3H3,(H,18,19). The van der Waals surface area contributed by atoms with Crippen LogP contribution >= 0.6 is 0 Å². The van der Waals surface area contributed by atoms with Crippen LogP contribution in [0, 0.1) is 17.8 Å². The summed E-state index contributed by atoms with van der Waals surface area (Å²) in [5, 5.41) is 3.16. The number of nitrogens with two attached hydrogens (primary N) is 1. The van der Waals surface area contributed by atoms with Gasteiger partial charge in [-0.25, -0.2) is 0 Å². The molecule has 1 aliphatic carbocycles. The van der Waals surface area contributed by atoms with E-state index >= 15 is 0 Å². The van der Waals surface area contributed by atoms with Crippen LogP contribution in [0.25, 0.3) is 0 Å². The monoisotopic (exact) mass is 278 g/mol. The molecule has 0 spiro atoms. The Balaban J connectivity index is 2.03. The number of nitrogens with one attached hydrogen (secondary N) is 1. The number of furan rings is 1. The predicted octanol–water partition coefficient (Wildman–Crippen LogP) is 2.93. The van der Waals surface area contributed by atoms with E-state index in [1.165, 1.54) is 12.8 Å². The third-order valence-electron chi connectivity index (χ3n) is 4.43. The summed E-state index contributed by atoms with van der Waals surface area (Å²) in [5.41, 5.74) is 5.50. The average molecular weight is 278 g/mol. The highest BCUT2D eigenvalue weighted by atomic mass is 16.4. The molecule has 0 radical (unpaired) electrons. The maximum absolute atomic E-state index is 12.3. The van der Waals surface area contributed by atoms with E-state index in [2.05, 4.69) is 26.1 Å². The Morgan fingerprint density at radius 2 is 2.20 bits per heavy atom. The van der Waals surface area contributed by atoms with Gasteiger partial charge in [0.1, 0.15) is 5.76 Å². The lowest BCUT2D eigenvalue weighted by atomic mass is 9.74. The quantitative estimate of drug-likeness (QED) is 0.889. The zero-order chi connectivity index (χ0) is 14.7. The molecule has 0 aliphatic heterocycles. The van der Waals surface area contributed by atoms with Crippen LogP contribution in [-0.4, -0.2) is 11.9 Å². The molecule has 1 aliphatic rings. The third kappa shape index (κ3) is 3.42. The van der Waals surface area contributed by atoms with Gasteiger partial charge >= 0.3 is 0 Å². The van der Waals surface area contributed by atoms with E-state index in [9.17, 15) is 4.79 Å². The van der Waals surface area contributed by atoms with E-state index in [1.807, 2.05) is 0 Å². The van der Waals surface area contributed by atoms with Crippen molar-refractivity contribution in [2.75, 3.05) is 0 Å². The van der Waals surface area contributed by atoms with E-state index in [0.29, 0.717) is 35.8 Å². The first-order valence-electron chi connectivity index (χ1n) is 7.61. The third-order valence-corrected chi connectivity index (χ3v) is 4.43. The molecule has 3 unspecified atom stereocenters. The van der Waals surface area contributed by atoms with Crippen molar-refractivity contribution in [3.05, 3.63) is 23.7 Å². The van der Waals surface area contributed by atoms with Gasteiger partial charge in [-0.05, 0) is 42.7 Å². The van der Waals surface area contributed by atoms with Crippen molar-refractivity contribution >= 4 is 5.91 Å². The first-order valence-corrected chi connectivity index (χ1v) is 7.61. The second kappa shape index (κ2) is 6.44. The Kier molecular flexibility index (Phi) is 4.86. The fourth-order valence-corrected chi connectivity index (χ4v) is 3.22. The molecule has 1 amide bonds. The Hall–Kier alpha value is -1.29. The van der Waals surface area contributed by atoms with Crippen LogP contribution in [0.2, 0.25) is 0 Å². The fraction of sp³-hybridized carbons (Fsp3) is 0.688. The summed E-state index contributed by atoms with van der Waals surface area (Å²) in [6, 6.07) is 3.71. The molecule has 0 saturated heterocycles. The molecule has 20 heavy (non-hydrogen) atoms. The van der Waals surface area contributed by atoms with E-state index in [0.717, 1.165) is 6.42 Å². The first-order chi connectivity index (χ1) is 9.51. The van der Waals surface area contributed by atoms with Crippen molar-refractivity contribution in [3.63, 3.8) is 0 Å². The zero-order valence-electron chi connectivity index (χ0n) is 12.7. The van der Waals surface area contributed by atoms with Gasteiger partial charge in [-0.2, -0.15) is 0 Å². The van der Waals surface area contributed by atoms with Gasteiger partial charge < -0.3 is 15.5 Å². The maximum Gasteiger partial charge on any atom is 0.287 e. The SMILES string of the molecule is CC1CCC(C(C)C)C(NC(=O)c2ccc(CN)o2)C1. The number of rotatable bonds is 4. The molecule has 112 valence electrons. The molecule has 2 rings (SSSR count). The molecule has 3 N–H and O–H groups in total. The largest absolute Gasteiger partial charge is 0.455 e. The molecular formula is C16H26N2O2. The van der Waals surface area contributed by atoms with E-state index in [1.54, 1.807) is 12.1 Å². The van der Waals surface area contributed by atoms with Crippen LogP contribution in [-0.2, 0) is 6.54 Å². The zero-order valence-corrected chi connectivity index (χ0v) is 12.7. The molecule has 1 fully saturated rings. The predicted molar refractivity (Wildman–Crippen MR) is 79.2 cm³/mol. The topological polar surface area (TPSA) is 68.3 Å². The van der Waals surface area contributed by atoms with Crippen molar-refractivity contribution in [2.45, 2.75) is 52.6 Å². The van der Waals surface area contributed by atoms with Crippen molar-refractivity contribution < 1.29 is 9.21 Å². The summed E-state index contributed by atoms with van der Waals surface area (Å²) in [6.45, 7) is 7.05. The smallest absolute Gasteiger partial charge is 0.287 e. The van der Waals surface area contributed by atoms with Gasteiger partial charge in [0.15, 0.2) is 5.76 Å². The van der Waals surface area contributed by atoms with Crippen LogP contribution < -0.4 is 11.1 Å². The summed E-state index contributed by atoms with van der Waals surface area (Å²) < 4.78 is 5.42. The van der Waals surface area contributed by atoms with Gasteiger partial charge in [0.2, 0.25) is 0 Å². The highest BCUT2D eigenvalue weighted by molar-refractivity contribution is 5.91. The summed E-state index contributed by atoms with van der Waals surface area (Å²) in [7, 11) is 0. The summed E-state index contributed by atoms with van der Waals surface area (Å²) in [6.07, 6.45) is 3.50. The highest BCUT2D eigenvalue weighted by Gasteiger charge is 2.32. The van der Waals surface area contributed by atoms with Gasteiger partial charge in [0.25, 0.3) is 5.91 Å². The van der Waals surface area contributed by atoms with Gasteiger partial charge in [-0.15, -0.1) is 0 Å². The van der Waals surface area contributed by atoms with Gasteiger partial charge in [-0.3, -0.25) is 4.79 Å². The summed E-state index contributed by atoms with van der Waals surface area (Å²) in [4.78, 5) is 12.3. The number of hydrogen-bond acceptors (Lipinski definition) is 3. The lowest BCUT2D eigenvalue weighted by Crippen LogP contribution is -2.45. The molecular weight excluding hydrogens is 252 g/mol. The van der Waals surface area contributed by atoms with Crippen molar-refractivity contribution in [2.24, 2.45) is 23.5 Å². The lowest BCUT2D eigenvalue weighted by Gasteiger charge is -2.37. The molecule has 4 heteroatoms. The Labute approximate surface area is 121 Å². The van der Waals surface area contributed by atoms with Gasteiger partial charge in [-0.1, -0.05) is 27.2 Å². The molecule has 1 aromatic rings. The normalized spacial score (nSPS) is 26.8. The van der Waals surface area contributed by atoms with Crippen molar-refractivity contribution in [1.29, 1.82) is 0 Å². The van der Waals surface area contributed by atoms with Gasteiger partial charge in [0.05, 0.1) is 6.54 Å². The minimum absolute atomic E-state index is 0.116. The van der Waals surface area contributed by atoms with Crippen LogP contribution in [0.3, 0.4) is 0 Å². The number of carbonyl (C=O) groups excluding carboxylic acids is 1. The van der Waals surface area contributed by atoms with Crippen LogP contribution in [0.1, 0.15) is 56.3 Å². The highest BCUT2D eigenvalue weighted by Crippen LogP contribution is 2.33. The second-order valence-corrected chi connectivity index (χ2v) is 6.38. The van der Waals surface area contributed by atoms with Gasteiger partial charge in [0, 0.05) is 6.04 Å². The molecule has 4 nitrogen and oxygen atoms in total. The molecule has 1 heterocycles. The molecule has 0 bridgehead atoms. The molecule has 3 atom stereocenters. The van der Waals surface area contributed by atoms with Crippen molar-refractivity contribution in [1.82, 2.24) is 5.32 Å². The maximum atomic E-state index is 12.3. The van der Waals surface area contributed by atoms with Crippen LogP contribution in [0.4, 0.5) is 0 Å². The summed E-state index contributed by atoms with van der Waals surface area (Å²) >= 11 is 0. The summed E-state index contributed by atoms with van der Waals surface area (Å²) in [5.74, 6) is 2.71. The first kappa shape index (κ1) is 15.1. The van der Waals surface area contributed by atoms with E-state index in [-0.39, 0.29) is 11.9 Å². The minimum Gasteiger partial charge on any atom is -0.455 e. The van der Waals surface area contributed by atoms with Crippen LogP contribution in [0.15, 0.2) is 16.5 Å². The van der Waals surface area contributed by atoms with E-state index in [4.69, 9.17) is 10.2 Å². The Morgan fingerprint density at radius 3 is 2.80 bits per heavy atom. The molecule has 1 aromatic heterocycles. The second-order valence-electron chi connectivity index (χ2n) is 6.38.